The van der Waals surface area contributed by atoms with Crippen molar-refractivity contribution in [3.63, 3.8) is 0 Å². The maximum Gasteiger partial charge on any atom is 0.358 e. The van der Waals surface area contributed by atoms with Crippen LogP contribution >= 0.6 is 0 Å². The van der Waals surface area contributed by atoms with Crippen molar-refractivity contribution in [3.8, 4) is 0 Å². The van der Waals surface area contributed by atoms with E-state index in [1.807, 2.05) is 0 Å². The SMILES string of the molecule is COCCn1nnc(C(=O)O)c1CC1CC1. The number of rotatable bonds is 6. The summed E-state index contributed by atoms with van der Waals surface area (Å²) in [6, 6.07) is 0. The number of carboxylic acid groups (broad SMARTS) is 1. The summed E-state index contributed by atoms with van der Waals surface area (Å²) < 4.78 is 6.60. The minimum absolute atomic E-state index is 0.0861. The van der Waals surface area contributed by atoms with Gasteiger partial charge in [-0.05, 0) is 25.2 Å². The zero-order valence-corrected chi connectivity index (χ0v) is 9.22. The fourth-order valence-corrected chi connectivity index (χ4v) is 1.65. The van der Waals surface area contributed by atoms with Crippen molar-refractivity contribution < 1.29 is 14.6 Å². The molecule has 1 aromatic rings. The van der Waals surface area contributed by atoms with Crippen molar-refractivity contribution in [3.05, 3.63) is 11.4 Å². The summed E-state index contributed by atoms with van der Waals surface area (Å²) in [5, 5.41) is 16.6. The van der Waals surface area contributed by atoms with E-state index < -0.39 is 5.97 Å². The number of nitrogens with zero attached hydrogens (tertiary/aromatic N) is 3. The molecule has 6 nitrogen and oxygen atoms in total. The van der Waals surface area contributed by atoms with Crippen molar-refractivity contribution in [2.24, 2.45) is 5.92 Å². The van der Waals surface area contributed by atoms with E-state index in [4.69, 9.17) is 9.84 Å². The van der Waals surface area contributed by atoms with Crippen molar-refractivity contribution >= 4 is 5.97 Å². The molecule has 0 unspecified atom stereocenters. The lowest BCUT2D eigenvalue weighted by molar-refractivity contribution is 0.0689. The molecule has 0 aromatic carbocycles. The molecule has 0 radical (unpaired) electrons. The molecule has 1 heterocycles. The first kappa shape index (κ1) is 11.1. The topological polar surface area (TPSA) is 77.2 Å². The lowest BCUT2D eigenvalue weighted by Gasteiger charge is -2.05. The van der Waals surface area contributed by atoms with Gasteiger partial charge in [0.2, 0.25) is 0 Å². The van der Waals surface area contributed by atoms with Gasteiger partial charge in [0.15, 0.2) is 5.69 Å². The van der Waals surface area contributed by atoms with Crippen molar-refractivity contribution in [2.75, 3.05) is 13.7 Å². The first-order chi connectivity index (χ1) is 7.72. The van der Waals surface area contributed by atoms with Crippen LogP contribution in [-0.2, 0) is 17.7 Å². The molecule has 0 spiro atoms. The van der Waals surface area contributed by atoms with Crippen molar-refractivity contribution in [2.45, 2.75) is 25.8 Å². The number of aromatic carboxylic acids is 1. The van der Waals surface area contributed by atoms with E-state index in [1.165, 1.54) is 12.8 Å². The van der Waals surface area contributed by atoms with Gasteiger partial charge in [-0.15, -0.1) is 5.10 Å². The molecule has 1 N–H and O–H groups in total. The predicted molar refractivity (Wildman–Crippen MR) is 55.3 cm³/mol. The van der Waals surface area contributed by atoms with Gasteiger partial charge in [0.1, 0.15) is 0 Å². The van der Waals surface area contributed by atoms with Crippen LogP contribution in [0, 0.1) is 5.92 Å². The molecule has 1 aliphatic carbocycles. The number of hydrogen-bond donors (Lipinski definition) is 1. The zero-order chi connectivity index (χ0) is 11.5. The molecule has 0 aliphatic heterocycles. The Balaban J connectivity index is 2.17. The Kier molecular flexibility index (Phi) is 3.19. The summed E-state index contributed by atoms with van der Waals surface area (Å²) in [4.78, 5) is 11.0. The highest BCUT2D eigenvalue weighted by Gasteiger charge is 2.27. The lowest BCUT2D eigenvalue weighted by Crippen LogP contribution is -2.12. The van der Waals surface area contributed by atoms with Crippen molar-refractivity contribution in [1.29, 1.82) is 0 Å². The number of ether oxygens (including phenoxy) is 1. The second-order valence-electron chi connectivity index (χ2n) is 4.05. The van der Waals surface area contributed by atoms with E-state index >= 15 is 0 Å². The summed E-state index contributed by atoms with van der Waals surface area (Å²) >= 11 is 0. The molecule has 16 heavy (non-hydrogen) atoms. The average molecular weight is 225 g/mol. The number of hydrogen-bond acceptors (Lipinski definition) is 4. The van der Waals surface area contributed by atoms with Gasteiger partial charge < -0.3 is 9.84 Å². The quantitative estimate of drug-likeness (QED) is 0.766. The van der Waals surface area contributed by atoms with Crippen LogP contribution in [-0.4, -0.2) is 39.8 Å². The molecule has 2 rings (SSSR count). The minimum atomic E-state index is -1.00. The molecule has 6 heteroatoms. The Morgan fingerprint density at radius 2 is 2.38 bits per heavy atom. The Bertz CT molecular complexity index is 385. The van der Waals surface area contributed by atoms with Crippen LogP contribution in [0.4, 0.5) is 0 Å². The Morgan fingerprint density at radius 1 is 1.62 bits per heavy atom. The highest BCUT2D eigenvalue weighted by Crippen LogP contribution is 2.33. The molecule has 1 aliphatic rings. The number of aromatic nitrogens is 3. The van der Waals surface area contributed by atoms with Gasteiger partial charge in [0.25, 0.3) is 0 Å². The molecule has 1 saturated carbocycles. The minimum Gasteiger partial charge on any atom is -0.476 e. The summed E-state index contributed by atoms with van der Waals surface area (Å²) in [6.07, 6.45) is 3.11. The molecule has 1 aromatic heterocycles. The number of carbonyl (C=O) groups is 1. The Labute approximate surface area is 93.2 Å². The molecule has 1 fully saturated rings. The number of carboxylic acids is 1. The second-order valence-corrected chi connectivity index (χ2v) is 4.05. The lowest BCUT2D eigenvalue weighted by atomic mass is 10.2. The van der Waals surface area contributed by atoms with Crippen LogP contribution in [0.3, 0.4) is 0 Å². The highest BCUT2D eigenvalue weighted by atomic mass is 16.5. The fourth-order valence-electron chi connectivity index (χ4n) is 1.65. The molecule has 0 amide bonds. The standard InChI is InChI=1S/C10H15N3O3/c1-16-5-4-13-8(6-7-2-3-7)9(10(14)15)11-12-13/h7H,2-6H2,1H3,(H,14,15). The molecule has 0 atom stereocenters. The smallest absolute Gasteiger partial charge is 0.358 e. The van der Waals surface area contributed by atoms with E-state index in [-0.39, 0.29) is 5.69 Å². The second kappa shape index (κ2) is 4.61. The van der Waals surface area contributed by atoms with Gasteiger partial charge in [0, 0.05) is 7.11 Å². The monoisotopic (exact) mass is 225 g/mol. The average Bonchev–Trinajstić information content (AvgIpc) is 2.96. The summed E-state index contributed by atoms with van der Waals surface area (Å²) in [6.45, 7) is 1.07. The van der Waals surface area contributed by atoms with E-state index in [0.717, 1.165) is 12.1 Å². The first-order valence-electron chi connectivity index (χ1n) is 5.37. The van der Waals surface area contributed by atoms with E-state index in [2.05, 4.69) is 10.3 Å². The van der Waals surface area contributed by atoms with Gasteiger partial charge >= 0.3 is 5.97 Å². The van der Waals surface area contributed by atoms with Crippen LogP contribution in [0.15, 0.2) is 0 Å². The molecule has 88 valence electrons. The third-order valence-corrected chi connectivity index (χ3v) is 2.73. The third-order valence-electron chi connectivity index (χ3n) is 2.73. The molecule has 0 saturated heterocycles. The van der Waals surface area contributed by atoms with Crippen LogP contribution in [0.25, 0.3) is 0 Å². The van der Waals surface area contributed by atoms with Crippen LogP contribution < -0.4 is 0 Å². The first-order valence-corrected chi connectivity index (χ1v) is 5.37. The normalized spacial score (nSPS) is 15.3. The van der Waals surface area contributed by atoms with Crippen LogP contribution in [0.2, 0.25) is 0 Å². The van der Waals surface area contributed by atoms with Gasteiger partial charge in [-0.1, -0.05) is 5.21 Å². The van der Waals surface area contributed by atoms with Gasteiger partial charge in [-0.3, -0.25) is 0 Å². The third kappa shape index (κ3) is 2.38. The summed E-state index contributed by atoms with van der Waals surface area (Å²) in [7, 11) is 1.61. The van der Waals surface area contributed by atoms with E-state index in [0.29, 0.717) is 19.1 Å². The molecular formula is C10H15N3O3. The maximum absolute atomic E-state index is 11.0. The highest BCUT2D eigenvalue weighted by molar-refractivity contribution is 5.86. The molecular weight excluding hydrogens is 210 g/mol. The van der Waals surface area contributed by atoms with Crippen LogP contribution in [0.5, 0.6) is 0 Å². The Morgan fingerprint density at radius 3 is 2.94 bits per heavy atom. The summed E-state index contributed by atoms with van der Waals surface area (Å²) in [5.74, 6) is -0.391. The predicted octanol–water partition coefficient (Wildman–Crippen LogP) is 0.575. The maximum atomic E-state index is 11.0. The fraction of sp³-hybridized carbons (Fsp3) is 0.700. The van der Waals surface area contributed by atoms with E-state index in [9.17, 15) is 4.79 Å². The number of methoxy groups -OCH3 is 1. The Hall–Kier alpha value is -1.43. The van der Waals surface area contributed by atoms with Gasteiger partial charge in [-0.2, -0.15) is 0 Å². The molecule has 0 bridgehead atoms. The van der Waals surface area contributed by atoms with E-state index in [1.54, 1.807) is 11.8 Å². The zero-order valence-electron chi connectivity index (χ0n) is 9.22. The van der Waals surface area contributed by atoms with Gasteiger partial charge in [0.05, 0.1) is 18.8 Å². The van der Waals surface area contributed by atoms with Crippen molar-refractivity contribution in [1.82, 2.24) is 15.0 Å². The van der Waals surface area contributed by atoms with Gasteiger partial charge in [-0.25, -0.2) is 9.48 Å². The van der Waals surface area contributed by atoms with Crippen LogP contribution in [0.1, 0.15) is 29.0 Å². The summed E-state index contributed by atoms with van der Waals surface area (Å²) in [5.41, 5.74) is 0.815. The largest absolute Gasteiger partial charge is 0.476 e.